The minimum absolute atomic E-state index is 0.0296. The SMILES string of the molecule is Cc1nc(C2CC2)oc1C(=O)N1CC(C(=O)O)CCC1C. The summed E-state index contributed by atoms with van der Waals surface area (Å²) in [5.74, 6) is -0.282. The van der Waals surface area contributed by atoms with Crippen LogP contribution in [0.25, 0.3) is 0 Å². The highest BCUT2D eigenvalue weighted by Crippen LogP contribution is 2.40. The van der Waals surface area contributed by atoms with E-state index >= 15 is 0 Å². The van der Waals surface area contributed by atoms with Crippen molar-refractivity contribution in [3.63, 3.8) is 0 Å². The quantitative estimate of drug-likeness (QED) is 0.923. The van der Waals surface area contributed by atoms with Gasteiger partial charge in [0.25, 0.3) is 5.91 Å². The number of likely N-dealkylation sites (tertiary alicyclic amines) is 1. The molecule has 0 bridgehead atoms. The summed E-state index contributed by atoms with van der Waals surface area (Å²) >= 11 is 0. The van der Waals surface area contributed by atoms with Crippen molar-refractivity contribution in [3.8, 4) is 0 Å². The molecule has 1 aliphatic heterocycles. The Morgan fingerprint density at radius 1 is 1.29 bits per heavy atom. The van der Waals surface area contributed by atoms with Crippen molar-refractivity contribution in [2.75, 3.05) is 6.54 Å². The number of aliphatic carboxylic acids is 1. The maximum atomic E-state index is 12.7. The first-order valence-electron chi connectivity index (χ1n) is 7.48. The highest BCUT2D eigenvalue weighted by atomic mass is 16.4. The Kier molecular flexibility index (Phi) is 3.47. The minimum Gasteiger partial charge on any atom is -0.481 e. The van der Waals surface area contributed by atoms with Gasteiger partial charge in [0, 0.05) is 18.5 Å². The second kappa shape index (κ2) is 5.16. The molecule has 6 heteroatoms. The van der Waals surface area contributed by atoms with E-state index in [1.807, 2.05) is 6.92 Å². The molecule has 1 aliphatic carbocycles. The van der Waals surface area contributed by atoms with Crippen molar-refractivity contribution < 1.29 is 19.1 Å². The molecule has 0 radical (unpaired) electrons. The minimum atomic E-state index is -0.840. The first-order chi connectivity index (χ1) is 9.97. The first-order valence-corrected chi connectivity index (χ1v) is 7.48. The maximum Gasteiger partial charge on any atom is 0.308 e. The number of rotatable bonds is 3. The lowest BCUT2D eigenvalue weighted by Crippen LogP contribution is -2.47. The van der Waals surface area contributed by atoms with Crippen LogP contribution < -0.4 is 0 Å². The number of hydrogen-bond donors (Lipinski definition) is 1. The molecule has 2 heterocycles. The lowest BCUT2D eigenvalue weighted by atomic mass is 9.93. The molecule has 1 saturated heterocycles. The molecule has 3 rings (SSSR count). The highest BCUT2D eigenvalue weighted by Gasteiger charge is 2.36. The van der Waals surface area contributed by atoms with Crippen LogP contribution in [0.2, 0.25) is 0 Å². The number of carboxylic acid groups (broad SMARTS) is 1. The van der Waals surface area contributed by atoms with E-state index < -0.39 is 11.9 Å². The number of carboxylic acids is 1. The van der Waals surface area contributed by atoms with Crippen LogP contribution in [0.1, 0.15) is 60.7 Å². The van der Waals surface area contributed by atoms with Crippen molar-refractivity contribution in [1.82, 2.24) is 9.88 Å². The summed E-state index contributed by atoms with van der Waals surface area (Å²) in [5, 5.41) is 9.16. The molecule has 21 heavy (non-hydrogen) atoms. The number of carbonyl (C=O) groups is 2. The molecule has 1 amide bonds. The Balaban J connectivity index is 1.81. The zero-order valence-corrected chi connectivity index (χ0v) is 12.3. The van der Waals surface area contributed by atoms with E-state index in [1.54, 1.807) is 11.8 Å². The molecule has 114 valence electrons. The molecular formula is C15H20N2O4. The Morgan fingerprint density at radius 3 is 2.62 bits per heavy atom. The van der Waals surface area contributed by atoms with Gasteiger partial charge >= 0.3 is 5.97 Å². The molecule has 1 N–H and O–H groups in total. The van der Waals surface area contributed by atoms with Gasteiger partial charge in [0.15, 0.2) is 5.89 Å². The lowest BCUT2D eigenvalue weighted by Gasteiger charge is -2.35. The zero-order chi connectivity index (χ0) is 15.1. The van der Waals surface area contributed by atoms with Gasteiger partial charge in [-0.3, -0.25) is 9.59 Å². The maximum absolute atomic E-state index is 12.7. The number of nitrogens with zero attached hydrogens (tertiary/aromatic N) is 2. The molecule has 2 unspecified atom stereocenters. The molecule has 1 aromatic heterocycles. The molecule has 6 nitrogen and oxygen atoms in total. The summed E-state index contributed by atoms with van der Waals surface area (Å²) in [4.78, 5) is 29.8. The van der Waals surface area contributed by atoms with Gasteiger partial charge in [-0.2, -0.15) is 0 Å². The van der Waals surface area contributed by atoms with Gasteiger partial charge in [0.1, 0.15) is 0 Å². The van der Waals surface area contributed by atoms with Gasteiger partial charge in [-0.1, -0.05) is 0 Å². The van der Waals surface area contributed by atoms with Crippen LogP contribution in [0.5, 0.6) is 0 Å². The summed E-state index contributed by atoms with van der Waals surface area (Å²) in [6, 6.07) is 0.0296. The van der Waals surface area contributed by atoms with Crippen LogP contribution in [0.3, 0.4) is 0 Å². The van der Waals surface area contributed by atoms with E-state index in [2.05, 4.69) is 4.98 Å². The van der Waals surface area contributed by atoms with Gasteiger partial charge < -0.3 is 14.4 Å². The number of hydrogen-bond acceptors (Lipinski definition) is 4. The fourth-order valence-electron chi connectivity index (χ4n) is 2.84. The predicted octanol–water partition coefficient (Wildman–Crippen LogP) is 2.19. The molecule has 1 aromatic rings. The third-order valence-corrected chi connectivity index (χ3v) is 4.43. The van der Waals surface area contributed by atoms with Gasteiger partial charge in [0.05, 0.1) is 11.6 Å². The normalized spacial score (nSPS) is 25.9. The molecule has 1 saturated carbocycles. The largest absolute Gasteiger partial charge is 0.481 e. The second-order valence-electron chi connectivity index (χ2n) is 6.16. The number of aryl methyl sites for hydroxylation is 1. The predicted molar refractivity (Wildman–Crippen MR) is 74.1 cm³/mol. The molecule has 2 fully saturated rings. The number of amides is 1. The van der Waals surface area contributed by atoms with Crippen LogP contribution in [-0.4, -0.2) is 39.5 Å². The molecule has 2 atom stereocenters. The van der Waals surface area contributed by atoms with E-state index in [0.717, 1.165) is 12.8 Å². The van der Waals surface area contributed by atoms with Crippen molar-refractivity contribution in [3.05, 3.63) is 17.3 Å². The number of carbonyl (C=O) groups excluding carboxylic acids is 1. The van der Waals surface area contributed by atoms with Gasteiger partial charge in [-0.05, 0) is 39.5 Å². The Bertz CT molecular complexity index is 576. The zero-order valence-electron chi connectivity index (χ0n) is 12.3. The average Bonchev–Trinajstić information content (AvgIpc) is 3.21. The Labute approximate surface area is 123 Å². The molecule has 0 aromatic carbocycles. The van der Waals surface area contributed by atoms with Crippen LogP contribution in [0.4, 0.5) is 0 Å². The van der Waals surface area contributed by atoms with Crippen molar-refractivity contribution in [1.29, 1.82) is 0 Å². The van der Waals surface area contributed by atoms with Crippen LogP contribution in [-0.2, 0) is 4.79 Å². The first kappa shape index (κ1) is 14.1. The van der Waals surface area contributed by atoms with Crippen LogP contribution >= 0.6 is 0 Å². The van der Waals surface area contributed by atoms with Crippen molar-refractivity contribution >= 4 is 11.9 Å². The smallest absolute Gasteiger partial charge is 0.308 e. The van der Waals surface area contributed by atoms with Crippen LogP contribution in [0.15, 0.2) is 4.42 Å². The third-order valence-electron chi connectivity index (χ3n) is 4.43. The highest BCUT2D eigenvalue weighted by molar-refractivity contribution is 5.93. The Morgan fingerprint density at radius 2 is 2.00 bits per heavy atom. The topological polar surface area (TPSA) is 83.6 Å². The van der Waals surface area contributed by atoms with Crippen molar-refractivity contribution in [2.45, 2.75) is 51.5 Å². The average molecular weight is 292 g/mol. The van der Waals surface area contributed by atoms with E-state index in [1.165, 1.54) is 0 Å². The number of piperidine rings is 1. The third kappa shape index (κ3) is 2.66. The van der Waals surface area contributed by atoms with E-state index in [4.69, 9.17) is 9.52 Å². The summed E-state index contributed by atoms with van der Waals surface area (Å²) in [6.45, 7) is 3.96. The molecule has 0 spiro atoms. The van der Waals surface area contributed by atoms with Crippen molar-refractivity contribution in [2.24, 2.45) is 5.92 Å². The van der Waals surface area contributed by atoms with E-state index in [-0.39, 0.29) is 24.3 Å². The van der Waals surface area contributed by atoms with Gasteiger partial charge in [-0.25, -0.2) is 4.98 Å². The van der Waals surface area contributed by atoms with Gasteiger partial charge in [-0.15, -0.1) is 0 Å². The lowest BCUT2D eigenvalue weighted by molar-refractivity contribution is -0.143. The fourth-order valence-corrected chi connectivity index (χ4v) is 2.84. The fraction of sp³-hybridized carbons (Fsp3) is 0.667. The van der Waals surface area contributed by atoms with Gasteiger partial charge in [0.2, 0.25) is 5.76 Å². The summed E-state index contributed by atoms with van der Waals surface area (Å²) in [6.07, 6.45) is 3.44. The monoisotopic (exact) mass is 292 g/mol. The second-order valence-corrected chi connectivity index (χ2v) is 6.16. The summed E-state index contributed by atoms with van der Waals surface area (Å²) in [7, 11) is 0. The van der Waals surface area contributed by atoms with E-state index in [0.29, 0.717) is 30.3 Å². The molecule has 2 aliphatic rings. The summed E-state index contributed by atoms with van der Waals surface area (Å²) < 4.78 is 5.65. The Hall–Kier alpha value is -1.85. The standard InChI is InChI=1S/C15H20N2O4/c1-8-3-4-11(15(19)20)7-17(8)14(18)12-9(2)16-13(21-12)10-5-6-10/h8,10-11H,3-7H2,1-2H3,(H,19,20). The number of oxazole rings is 1. The summed E-state index contributed by atoms with van der Waals surface area (Å²) in [5.41, 5.74) is 0.603. The molecular weight excluding hydrogens is 272 g/mol. The van der Waals surface area contributed by atoms with Crippen LogP contribution in [0, 0.1) is 12.8 Å². The van der Waals surface area contributed by atoms with E-state index in [9.17, 15) is 9.59 Å². The number of aromatic nitrogens is 1.